The molecule has 0 saturated carbocycles. The minimum atomic E-state index is -0.432. The van der Waals surface area contributed by atoms with Crippen molar-refractivity contribution in [2.75, 3.05) is 12.4 Å². The lowest BCUT2D eigenvalue weighted by molar-refractivity contribution is 0.102. The number of para-hydroxylation sites is 1. The van der Waals surface area contributed by atoms with Gasteiger partial charge in [-0.05, 0) is 36.8 Å². The van der Waals surface area contributed by atoms with Crippen molar-refractivity contribution in [3.63, 3.8) is 0 Å². The van der Waals surface area contributed by atoms with Crippen LogP contribution in [0.25, 0.3) is 11.0 Å². The van der Waals surface area contributed by atoms with E-state index in [2.05, 4.69) is 5.32 Å². The van der Waals surface area contributed by atoms with E-state index in [9.17, 15) is 4.79 Å². The van der Waals surface area contributed by atoms with Gasteiger partial charge in [0.05, 0.1) is 7.11 Å². The lowest BCUT2D eigenvalue weighted by atomic mass is 10.1. The van der Waals surface area contributed by atoms with Crippen LogP contribution in [0.1, 0.15) is 15.9 Å². The molecule has 0 spiro atoms. The first-order chi connectivity index (χ1) is 11.5. The Morgan fingerprint density at radius 3 is 2.79 bits per heavy atom. The predicted octanol–water partition coefficient (Wildman–Crippen LogP) is 4.13. The average Bonchev–Trinajstić information content (AvgIpc) is 2.57. The van der Waals surface area contributed by atoms with Gasteiger partial charge in [-0.2, -0.15) is 0 Å². The van der Waals surface area contributed by atoms with Crippen molar-refractivity contribution in [3.8, 4) is 5.75 Å². The fourth-order valence-corrected chi connectivity index (χ4v) is 2.55. The summed E-state index contributed by atoms with van der Waals surface area (Å²) in [5.74, 6) is 0.0810. The molecule has 1 amide bonds. The molecule has 0 atom stereocenters. The number of amides is 1. The Hall–Kier alpha value is -2.79. The molecule has 5 nitrogen and oxygen atoms in total. The first-order valence-corrected chi connectivity index (χ1v) is 7.60. The molecule has 3 rings (SSSR count). The summed E-state index contributed by atoms with van der Waals surface area (Å²) in [5, 5.41) is 12.0. The molecule has 0 bridgehead atoms. The third-order valence-electron chi connectivity index (χ3n) is 3.67. The Balaban J connectivity index is 2.03. The third-order valence-corrected chi connectivity index (χ3v) is 3.91. The van der Waals surface area contributed by atoms with Crippen LogP contribution in [0, 0.1) is 12.3 Å². The van der Waals surface area contributed by atoms with E-state index in [0.717, 1.165) is 5.56 Å². The number of carbonyl (C=O) groups is 1. The van der Waals surface area contributed by atoms with Gasteiger partial charge in [-0.1, -0.05) is 29.8 Å². The van der Waals surface area contributed by atoms with Gasteiger partial charge in [0.25, 0.3) is 5.91 Å². The maximum Gasteiger partial charge on any atom is 0.261 e. The zero-order chi connectivity index (χ0) is 17.3. The van der Waals surface area contributed by atoms with Gasteiger partial charge in [-0.25, -0.2) is 0 Å². The summed E-state index contributed by atoms with van der Waals surface area (Å²) >= 11 is 5.97. The average molecular weight is 343 g/mol. The van der Waals surface area contributed by atoms with E-state index in [0.29, 0.717) is 27.4 Å². The van der Waals surface area contributed by atoms with Gasteiger partial charge in [0.2, 0.25) is 5.55 Å². The Labute approximate surface area is 143 Å². The molecule has 1 heterocycles. The molecule has 0 aliphatic carbocycles. The number of aryl methyl sites for hydroxylation is 1. The third kappa shape index (κ3) is 2.98. The number of carbonyl (C=O) groups excluding carboxylic acids is 1. The Kier molecular flexibility index (Phi) is 4.27. The highest BCUT2D eigenvalue weighted by atomic mass is 35.5. The molecule has 3 aromatic rings. The normalized spacial score (nSPS) is 10.6. The van der Waals surface area contributed by atoms with Crippen molar-refractivity contribution in [1.29, 1.82) is 5.41 Å². The van der Waals surface area contributed by atoms with E-state index in [-0.39, 0.29) is 11.1 Å². The van der Waals surface area contributed by atoms with Crippen molar-refractivity contribution in [3.05, 3.63) is 64.2 Å². The van der Waals surface area contributed by atoms with E-state index < -0.39 is 5.91 Å². The maximum absolute atomic E-state index is 12.5. The van der Waals surface area contributed by atoms with E-state index in [1.165, 1.54) is 7.11 Å². The van der Waals surface area contributed by atoms with Gasteiger partial charge in [0, 0.05) is 16.1 Å². The smallest absolute Gasteiger partial charge is 0.261 e. The number of anilines is 1. The highest BCUT2D eigenvalue weighted by molar-refractivity contribution is 6.31. The number of hydrogen-bond acceptors (Lipinski definition) is 4. The number of fused-ring (bicyclic) bond motifs is 1. The second-order valence-electron chi connectivity index (χ2n) is 5.28. The van der Waals surface area contributed by atoms with Crippen LogP contribution in [-0.4, -0.2) is 13.0 Å². The molecule has 1 aromatic heterocycles. The highest BCUT2D eigenvalue weighted by Crippen LogP contribution is 2.25. The molecule has 24 heavy (non-hydrogen) atoms. The predicted molar refractivity (Wildman–Crippen MR) is 92.8 cm³/mol. The maximum atomic E-state index is 12.5. The van der Waals surface area contributed by atoms with Crippen molar-refractivity contribution in [2.24, 2.45) is 0 Å². The SMILES string of the molecule is COc1cccc2cc(C(=O)Nc3cc(Cl)ccc3C)c(=N)oc12. The van der Waals surface area contributed by atoms with Gasteiger partial charge in [0.1, 0.15) is 5.56 Å². The fraction of sp³-hybridized carbons (Fsp3) is 0.111. The lowest BCUT2D eigenvalue weighted by Gasteiger charge is -2.10. The molecule has 0 aliphatic rings. The molecule has 2 N–H and O–H groups in total. The van der Waals surface area contributed by atoms with Crippen LogP contribution < -0.4 is 15.6 Å². The van der Waals surface area contributed by atoms with Crippen LogP contribution >= 0.6 is 11.6 Å². The summed E-state index contributed by atoms with van der Waals surface area (Å²) < 4.78 is 10.7. The summed E-state index contributed by atoms with van der Waals surface area (Å²) in [5.41, 5.74) is 1.80. The zero-order valence-corrected chi connectivity index (χ0v) is 13.9. The highest BCUT2D eigenvalue weighted by Gasteiger charge is 2.14. The summed E-state index contributed by atoms with van der Waals surface area (Å²) in [6.45, 7) is 1.86. The van der Waals surface area contributed by atoms with Crippen LogP contribution in [0.4, 0.5) is 5.69 Å². The summed E-state index contributed by atoms with van der Waals surface area (Å²) in [7, 11) is 1.52. The van der Waals surface area contributed by atoms with Crippen molar-refractivity contribution < 1.29 is 13.9 Å². The standard InChI is InChI=1S/C18H15ClN2O3/c1-10-6-7-12(19)9-14(10)21-18(22)13-8-11-4-3-5-15(23-2)16(11)24-17(13)20/h3-9,20H,1-2H3,(H,21,22). The van der Waals surface area contributed by atoms with Gasteiger partial charge >= 0.3 is 0 Å². The van der Waals surface area contributed by atoms with Crippen LogP contribution in [0.15, 0.2) is 46.9 Å². The number of nitrogens with one attached hydrogen (secondary N) is 2. The molecule has 0 unspecified atom stereocenters. The first-order valence-electron chi connectivity index (χ1n) is 7.22. The summed E-state index contributed by atoms with van der Waals surface area (Å²) in [4.78, 5) is 12.5. The van der Waals surface area contributed by atoms with Gasteiger partial charge in [0.15, 0.2) is 11.3 Å². The molecular formula is C18H15ClN2O3. The molecular weight excluding hydrogens is 328 g/mol. The topological polar surface area (TPSA) is 75.3 Å². The molecule has 122 valence electrons. The number of benzene rings is 2. The Morgan fingerprint density at radius 2 is 2.04 bits per heavy atom. The van der Waals surface area contributed by atoms with Crippen LogP contribution in [0.2, 0.25) is 5.02 Å². The number of halogens is 1. The quantitative estimate of drug-likeness (QED) is 0.751. The molecule has 0 aliphatic heterocycles. The van der Waals surface area contributed by atoms with E-state index in [1.54, 1.807) is 36.4 Å². The molecule has 6 heteroatoms. The minimum absolute atomic E-state index is 0.134. The van der Waals surface area contributed by atoms with E-state index in [1.807, 2.05) is 13.0 Å². The number of rotatable bonds is 3. The molecule has 2 aromatic carbocycles. The lowest BCUT2D eigenvalue weighted by Crippen LogP contribution is -2.21. The largest absolute Gasteiger partial charge is 0.493 e. The van der Waals surface area contributed by atoms with Crippen LogP contribution in [-0.2, 0) is 0 Å². The van der Waals surface area contributed by atoms with Crippen molar-refractivity contribution >= 4 is 34.2 Å². The van der Waals surface area contributed by atoms with Gasteiger partial charge in [-0.3, -0.25) is 10.2 Å². The molecule has 0 radical (unpaired) electrons. The van der Waals surface area contributed by atoms with E-state index in [4.69, 9.17) is 26.2 Å². The number of methoxy groups -OCH3 is 1. The van der Waals surface area contributed by atoms with Gasteiger partial charge in [-0.15, -0.1) is 0 Å². The Morgan fingerprint density at radius 1 is 1.25 bits per heavy atom. The number of ether oxygens (including phenoxy) is 1. The Bertz CT molecular complexity index is 995. The minimum Gasteiger partial charge on any atom is -0.493 e. The second kappa shape index (κ2) is 6.37. The zero-order valence-electron chi connectivity index (χ0n) is 13.1. The second-order valence-corrected chi connectivity index (χ2v) is 5.72. The van der Waals surface area contributed by atoms with Crippen molar-refractivity contribution in [1.82, 2.24) is 0 Å². The first kappa shape index (κ1) is 16.1. The van der Waals surface area contributed by atoms with E-state index >= 15 is 0 Å². The molecule has 0 saturated heterocycles. The number of hydrogen-bond donors (Lipinski definition) is 2. The summed E-state index contributed by atoms with van der Waals surface area (Å²) in [6.07, 6.45) is 0. The summed E-state index contributed by atoms with van der Waals surface area (Å²) in [6, 6.07) is 12.2. The molecule has 0 fully saturated rings. The van der Waals surface area contributed by atoms with Crippen molar-refractivity contribution in [2.45, 2.75) is 6.92 Å². The monoisotopic (exact) mass is 342 g/mol. The van der Waals surface area contributed by atoms with Crippen LogP contribution in [0.5, 0.6) is 5.75 Å². The van der Waals surface area contributed by atoms with Gasteiger partial charge < -0.3 is 14.5 Å². The fourth-order valence-electron chi connectivity index (χ4n) is 2.38. The van der Waals surface area contributed by atoms with Crippen LogP contribution in [0.3, 0.4) is 0 Å².